The van der Waals surface area contributed by atoms with Gasteiger partial charge in [-0.05, 0) is 61.4 Å². The highest BCUT2D eigenvalue weighted by molar-refractivity contribution is 7.97. The highest BCUT2D eigenvalue weighted by atomic mass is 32.2. The van der Waals surface area contributed by atoms with Gasteiger partial charge in [0.25, 0.3) is 5.56 Å². The molecule has 0 radical (unpaired) electrons. The third kappa shape index (κ3) is 3.01. The maximum atomic E-state index is 12.5. The molecule has 2 heterocycles. The summed E-state index contributed by atoms with van der Waals surface area (Å²) in [6, 6.07) is 10.2. The van der Waals surface area contributed by atoms with E-state index >= 15 is 0 Å². The van der Waals surface area contributed by atoms with Crippen LogP contribution >= 0.6 is 11.9 Å². The Morgan fingerprint density at radius 1 is 1.12 bits per heavy atom. The number of nitrogens with one attached hydrogen (secondary N) is 1. The molecule has 3 aromatic rings. The zero-order valence-corrected chi connectivity index (χ0v) is 14.6. The van der Waals surface area contributed by atoms with Gasteiger partial charge in [0.1, 0.15) is 0 Å². The Labute approximate surface area is 150 Å². The molecule has 25 heavy (non-hydrogen) atoms. The van der Waals surface area contributed by atoms with Crippen molar-refractivity contribution < 1.29 is 5.11 Å². The van der Waals surface area contributed by atoms with Crippen LogP contribution in [-0.4, -0.2) is 20.8 Å². The zero-order valence-electron chi connectivity index (χ0n) is 13.8. The van der Waals surface area contributed by atoms with Gasteiger partial charge in [-0.3, -0.25) is 9.93 Å². The quantitative estimate of drug-likeness (QED) is 0.629. The summed E-state index contributed by atoms with van der Waals surface area (Å²) >= 11 is 1.21. The number of nitrogens with two attached hydrogens (primary N) is 1. The van der Waals surface area contributed by atoms with Gasteiger partial charge in [-0.15, -0.1) is 0 Å². The first-order valence-electron chi connectivity index (χ1n) is 8.55. The lowest BCUT2D eigenvalue weighted by Crippen LogP contribution is -2.20. The molecule has 4 N–H and O–H groups in total. The molecule has 6 heteroatoms. The van der Waals surface area contributed by atoms with Gasteiger partial charge < -0.3 is 14.7 Å². The minimum absolute atomic E-state index is 0.0700. The monoisotopic (exact) mass is 355 g/mol. The maximum absolute atomic E-state index is 12.5. The second-order valence-electron chi connectivity index (χ2n) is 6.62. The number of aromatic amines is 1. The van der Waals surface area contributed by atoms with E-state index in [0.29, 0.717) is 6.04 Å². The van der Waals surface area contributed by atoms with Gasteiger partial charge in [-0.2, -0.15) is 0 Å². The van der Waals surface area contributed by atoms with Crippen LogP contribution < -0.4 is 10.7 Å². The first-order chi connectivity index (χ1) is 12.2. The fourth-order valence-electron chi connectivity index (χ4n) is 3.79. The van der Waals surface area contributed by atoms with Gasteiger partial charge in [0, 0.05) is 28.9 Å². The lowest BCUT2D eigenvalue weighted by Gasteiger charge is -2.27. The standard InChI is InChI=1S/C19H21N3O2S/c20-25-15-7-1-12(2-8-15)16-11-22(13-3-5-14(23)6-4-13)17-9-10-21-19(24)18(16)17/h1-2,7-11,13-14,23H,3-6,20H2,(H,21,24)/t13-,14+. The molecule has 1 aromatic carbocycles. The molecule has 0 amide bonds. The van der Waals surface area contributed by atoms with E-state index in [1.165, 1.54) is 11.9 Å². The number of pyridine rings is 1. The fourth-order valence-corrected chi connectivity index (χ4v) is 4.08. The average molecular weight is 355 g/mol. The van der Waals surface area contributed by atoms with Crippen LogP contribution in [0, 0.1) is 0 Å². The number of aliphatic hydroxyl groups is 1. The molecular weight excluding hydrogens is 334 g/mol. The number of rotatable bonds is 3. The predicted molar refractivity (Wildman–Crippen MR) is 102 cm³/mol. The van der Waals surface area contributed by atoms with Crippen LogP contribution in [0.1, 0.15) is 31.7 Å². The number of fused-ring (bicyclic) bond motifs is 1. The lowest BCUT2D eigenvalue weighted by molar-refractivity contribution is 0.111. The van der Waals surface area contributed by atoms with Crippen LogP contribution in [0.25, 0.3) is 22.0 Å². The number of aliphatic hydroxyl groups excluding tert-OH is 1. The largest absolute Gasteiger partial charge is 0.393 e. The number of nitrogens with zero attached hydrogens (tertiary/aromatic N) is 1. The van der Waals surface area contributed by atoms with Crippen molar-refractivity contribution in [3.05, 3.63) is 53.1 Å². The highest BCUT2D eigenvalue weighted by Crippen LogP contribution is 2.36. The number of hydrogen-bond acceptors (Lipinski definition) is 4. The smallest absolute Gasteiger partial charge is 0.258 e. The van der Waals surface area contributed by atoms with Gasteiger partial charge in [0.05, 0.1) is 17.0 Å². The summed E-state index contributed by atoms with van der Waals surface area (Å²) in [6.07, 6.45) is 7.09. The van der Waals surface area contributed by atoms with Crippen LogP contribution in [0.5, 0.6) is 0 Å². The van der Waals surface area contributed by atoms with Gasteiger partial charge in [0.2, 0.25) is 0 Å². The van der Waals surface area contributed by atoms with Crippen LogP contribution in [0.4, 0.5) is 0 Å². The molecule has 0 atom stereocenters. The molecule has 2 aromatic heterocycles. The fraction of sp³-hybridized carbons (Fsp3) is 0.316. The molecule has 1 saturated carbocycles. The molecule has 0 unspecified atom stereocenters. The number of hydrogen-bond donors (Lipinski definition) is 3. The summed E-state index contributed by atoms with van der Waals surface area (Å²) in [5, 5.41) is 16.1. The summed E-state index contributed by atoms with van der Waals surface area (Å²) in [5.41, 5.74) is 2.84. The topological polar surface area (TPSA) is 84.0 Å². The highest BCUT2D eigenvalue weighted by Gasteiger charge is 2.24. The minimum Gasteiger partial charge on any atom is -0.393 e. The number of aromatic nitrogens is 2. The summed E-state index contributed by atoms with van der Waals surface area (Å²) in [5.74, 6) is 0. The molecule has 0 spiro atoms. The van der Waals surface area contributed by atoms with E-state index in [-0.39, 0.29) is 11.7 Å². The normalized spacial score (nSPS) is 20.9. The minimum atomic E-state index is -0.192. The third-order valence-corrected chi connectivity index (χ3v) is 5.66. The second-order valence-corrected chi connectivity index (χ2v) is 7.33. The maximum Gasteiger partial charge on any atom is 0.258 e. The van der Waals surface area contributed by atoms with E-state index in [0.717, 1.165) is 52.6 Å². The van der Waals surface area contributed by atoms with Crippen LogP contribution in [0.3, 0.4) is 0 Å². The van der Waals surface area contributed by atoms with Crippen LogP contribution in [-0.2, 0) is 0 Å². The van der Waals surface area contributed by atoms with E-state index in [4.69, 9.17) is 5.14 Å². The van der Waals surface area contributed by atoms with Crippen LogP contribution in [0.15, 0.2) is 52.4 Å². The van der Waals surface area contributed by atoms with Crippen molar-refractivity contribution in [3.63, 3.8) is 0 Å². The Kier molecular flexibility index (Phi) is 4.41. The first kappa shape index (κ1) is 16.4. The van der Waals surface area contributed by atoms with Crippen molar-refractivity contribution in [1.29, 1.82) is 0 Å². The number of H-pyrrole nitrogens is 1. The van der Waals surface area contributed by atoms with Gasteiger partial charge in [0.15, 0.2) is 0 Å². The Bertz CT molecular complexity index is 937. The zero-order chi connectivity index (χ0) is 17.4. The lowest BCUT2D eigenvalue weighted by atomic mass is 9.93. The van der Waals surface area contributed by atoms with Crippen molar-refractivity contribution >= 4 is 22.9 Å². The van der Waals surface area contributed by atoms with E-state index < -0.39 is 0 Å². The molecule has 1 fully saturated rings. The summed E-state index contributed by atoms with van der Waals surface area (Å²) in [6.45, 7) is 0. The molecule has 1 aliphatic carbocycles. The van der Waals surface area contributed by atoms with Gasteiger partial charge in [-0.25, -0.2) is 0 Å². The Hall–Kier alpha value is -2.02. The van der Waals surface area contributed by atoms with E-state index in [1.807, 2.05) is 30.3 Å². The second kappa shape index (κ2) is 6.71. The van der Waals surface area contributed by atoms with Crippen molar-refractivity contribution in [3.8, 4) is 11.1 Å². The summed E-state index contributed by atoms with van der Waals surface area (Å²) in [4.78, 5) is 16.3. The van der Waals surface area contributed by atoms with E-state index in [2.05, 4.69) is 15.7 Å². The molecule has 130 valence electrons. The molecule has 0 bridgehead atoms. The molecule has 0 saturated heterocycles. The molecule has 4 rings (SSSR count). The summed E-state index contributed by atoms with van der Waals surface area (Å²) in [7, 11) is 0. The molecule has 1 aliphatic rings. The van der Waals surface area contributed by atoms with Crippen molar-refractivity contribution in [2.24, 2.45) is 5.14 Å². The van der Waals surface area contributed by atoms with Crippen molar-refractivity contribution in [2.75, 3.05) is 0 Å². The third-order valence-electron chi connectivity index (χ3n) is 5.12. The number of benzene rings is 1. The van der Waals surface area contributed by atoms with Gasteiger partial charge >= 0.3 is 0 Å². The molecule has 5 nitrogen and oxygen atoms in total. The molecule has 0 aliphatic heterocycles. The SMILES string of the molecule is NSc1ccc(-c2cn([C@H]3CC[C@@H](O)CC3)c3cc[nH]c(=O)c23)cc1. The Balaban J connectivity index is 1.85. The predicted octanol–water partition coefficient (Wildman–Crippen LogP) is 3.44. The van der Waals surface area contributed by atoms with Crippen molar-refractivity contribution in [1.82, 2.24) is 9.55 Å². The van der Waals surface area contributed by atoms with Gasteiger partial charge in [-0.1, -0.05) is 12.1 Å². The van der Waals surface area contributed by atoms with E-state index in [1.54, 1.807) is 6.20 Å². The Morgan fingerprint density at radius 2 is 1.84 bits per heavy atom. The average Bonchev–Trinajstić information content (AvgIpc) is 3.03. The van der Waals surface area contributed by atoms with Crippen molar-refractivity contribution in [2.45, 2.75) is 42.7 Å². The Morgan fingerprint density at radius 3 is 2.52 bits per heavy atom. The first-order valence-corrected chi connectivity index (χ1v) is 9.43. The summed E-state index contributed by atoms with van der Waals surface area (Å²) < 4.78 is 2.22. The van der Waals surface area contributed by atoms with Crippen LogP contribution in [0.2, 0.25) is 0 Å². The van der Waals surface area contributed by atoms with E-state index in [9.17, 15) is 9.90 Å². The molecular formula is C19H21N3O2S.